The Labute approximate surface area is 53.7 Å². The van der Waals surface area contributed by atoms with Gasteiger partial charge < -0.3 is 45.2 Å². The first-order chi connectivity index (χ1) is 1.73. The molecule has 8 nitrogen and oxygen atoms in total. The van der Waals surface area contributed by atoms with Crippen LogP contribution in [0, 0.1) is 0 Å². The molecular weight excluding hydrogens is 131 g/mol. The SMILES string of the molecule is N.N.N.N.O.OB(O)O. The van der Waals surface area contributed by atoms with E-state index in [0.29, 0.717) is 0 Å². The summed E-state index contributed by atoms with van der Waals surface area (Å²) in [6.07, 6.45) is 0. The van der Waals surface area contributed by atoms with Gasteiger partial charge in [0, 0.05) is 0 Å². The number of rotatable bonds is 0. The molecule has 0 fully saturated rings. The molecule has 64 valence electrons. The molecular formula is H17BN4O4. The normalized spacial score (nSPS) is 3.00. The van der Waals surface area contributed by atoms with Gasteiger partial charge in [0.25, 0.3) is 0 Å². The van der Waals surface area contributed by atoms with Gasteiger partial charge in [-0.15, -0.1) is 0 Å². The molecule has 0 atom stereocenters. The van der Waals surface area contributed by atoms with Gasteiger partial charge in [-0.1, -0.05) is 0 Å². The van der Waals surface area contributed by atoms with Crippen LogP contribution in [0.1, 0.15) is 0 Å². The van der Waals surface area contributed by atoms with Crippen LogP contribution < -0.4 is 24.6 Å². The van der Waals surface area contributed by atoms with Crippen LogP contribution in [0.3, 0.4) is 0 Å². The van der Waals surface area contributed by atoms with Crippen molar-refractivity contribution in [1.82, 2.24) is 24.6 Å². The van der Waals surface area contributed by atoms with Crippen molar-refractivity contribution in [3.05, 3.63) is 0 Å². The minimum atomic E-state index is -2.17. The van der Waals surface area contributed by atoms with E-state index in [9.17, 15) is 0 Å². The van der Waals surface area contributed by atoms with Gasteiger partial charge in [-0.3, -0.25) is 0 Å². The summed E-state index contributed by atoms with van der Waals surface area (Å²) in [4.78, 5) is 0. The minimum Gasteiger partial charge on any atom is -0.412 e. The lowest BCUT2D eigenvalue weighted by Gasteiger charge is -1.69. The van der Waals surface area contributed by atoms with Crippen LogP contribution in [0.5, 0.6) is 0 Å². The van der Waals surface area contributed by atoms with E-state index in [2.05, 4.69) is 0 Å². The summed E-state index contributed by atoms with van der Waals surface area (Å²) < 4.78 is 0. The minimum absolute atomic E-state index is 0. The number of hydrogen-bond donors (Lipinski definition) is 7. The fraction of sp³-hybridized carbons (Fsp3) is 0. The highest BCUT2D eigenvalue weighted by atomic mass is 16.5. The Kier molecular flexibility index (Phi) is 362. The molecule has 0 bridgehead atoms. The van der Waals surface area contributed by atoms with E-state index >= 15 is 0 Å². The standard InChI is InChI=1S/BH3O3.4H3N.H2O/c2-1(3)4;;;;;/h2-4H;4*1H3;1H2. The molecule has 0 aliphatic heterocycles. The van der Waals surface area contributed by atoms with E-state index < -0.39 is 7.32 Å². The summed E-state index contributed by atoms with van der Waals surface area (Å²) in [6, 6.07) is 0. The highest BCUT2D eigenvalue weighted by Gasteiger charge is 1.92. The second-order valence-electron chi connectivity index (χ2n) is 0.346. The van der Waals surface area contributed by atoms with Crippen LogP contribution in [0.4, 0.5) is 0 Å². The van der Waals surface area contributed by atoms with Gasteiger partial charge in [-0.25, -0.2) is 0 Å². The van der Waals surface area contributed by atoms with Crippen LogP contribution in [0.25, 0.3) is 0 Å². The molecule has 9 heteroatoms. The second-order valence-corrected chi connectivity index (χ2v) is 0.346. The Hall–Kier alpha value is -0.255. The highest BCUT2D eigenvalue weighted by molar-refractivity contribution is 6.30. The van der Waals surface area contributed by atoms with Gasteiger partial charge in [-0.2, -0.15) is 0 Å². The molecule has 0 aliphatic carbocycles. The predicted molar refractivity (Wildman–Crippen MR) is 36.1 cm³/mol. The quantitative estimate of drug-likeness (QED) is 0.186. The zero-order valence-electron chi connectivity index (χ0n) is 5.25. The van der Waals surface area contributed by atoms with Crippen LogP contribution in [0.15, 0.2) is 0 Å². The highest BCUT2D eigenvalue weighted by Crippen LogP contribution is 1.40. The molecule has 17 N–H and O–H groups in total. The summed E-state index contributed by atoms with van der Waals surface area (Å²) in [5, 5.41) is 21.5. The molecule has 0 aromatic rings. The topological polar surface area (TPSA) is 232 Å². The third-order valence-electron chi connectivity index (χ3n) is 0. The van der Waals surface area contributed by atoms with Gasteiger partial charge in [-0.05, 0) is 0 Å². The van der Waals surface area contributed by atoms with E-state index in [0.717, 1.165) is 0 Å². The lowest BCUT2D eigenvalue weighted by Crippen LogP contribution is -2.07. The molecule has 0 spiro atoms. The van der Waals surface area contributed by atoms with Crippen molar-refractivity contribution in [2.24, 2.45) is 0 Å². The molecule has 0 aliphatic rings. The monoisotopic (exact) mass is 148 g/mol. The summed E-state index contributed by atoms with van der Waals surface area (Å²) >= 11 is 0. The molecule has 0 unspecified atom stereocenters. The molecule has 0 radical (unpaired) electrons. The summed E-state index contributed by atoms with van der Waals surface area (Å²) in [5.74, 6) is 0. The lowest BCUT2D eigenvalue weighted by molar-refractivity contribution is 0.278. The van der Waals surface area contributed by atoms with Crippen LogP contribution in [0.2, 0.25) is 0 Å². The van der Waals surface area contributed by atoms with Crippen molar-refractivity contribution in [3.8, 4) is 0 Å². The summed E-state index contributed by atoms with van der Waals surface area (Å²) in [5.41, 5.74) is 0. The van der Waals surface area contributed by atoms with Crippen LogP contribution in [-0.4, -0.2) is 27.9 Å². The Bertz CT molecular complexity index is 17.3. The molecule has 0 heterocycles. The van der Waals surface area contributed by atoms with Crippen molar-refractivity contribution in [2.45, 2.75) is 0 Å². The van der Waals surface area contributed by atoms with Gasteiger partial charge in [0.1, 0.15) is 0 Å². The molecule has 0 aromatic heterocycles. The van der Waals surface area contributed by atoms with Crippen molar-refractivity contribution in [3.63, 3.8) is 0 Å². The average Bonchev–Trinajstić information content (AvgIpc) is 0.811. The molecule has 9 heavy (non-hydrogen) atoms. The molecule has 0 aromatic carbocycles. The largest absolute Gasteiger partial charge is 0.631 e. The van der Waals surface area contributed by atoms with Crippen molar-refractivity contribution in [2.75, 3.05) is 0 Å². The molecule has 0 rings (SSSR count). The van der Waals surface area contributed by atoms with E-state index in [4.69, 9.17) is 15.1 Å². The maximum Gasteiger partial charge on any atom is 0.631 e. The predicted octanol–water partition coefficient (Wildman–Crippen LogP) is -2.23. The van der Waals surface area contributed by atoms with Crippen LogP contribution >= 0.6 is 0 Å². The first-order valence-electron chi connectivity index (χ1n) is 0.775. The maximum atomic E-state index is 7.17. The van der Waals surface area contributed by atoms with Crippen LogP contribution in [-0.2, 0) is 0 Å². The second kappa shape index (κ2) is 46.8. The van der Waals surface area contributed by atoms with Gasteiger partial charge in [0.05, 0.1) is 0 Å². The smallest absolute Gasteiger partial charge is 0.412 e. The third kappa shape index (κ3) is 3930. The molecule has 0 saturated heterocycles. The van der Waals surface area contributed by atoms with Crippen molar-refractivity contribution in [1.29, 1.82) is 0 Å². The van der Waals surface area contributed by atoms with Gasteiger partial charge in [0.15, 0.2) is 0 Å². The zero-order valence-corrected chi connectivity index (χ0v) is 5.25. The Balaban J connectivity index is -0.00000000450. The summed E-state index contributed by atoms with van der Waals surface area (Å²) in [7, 11) is -2.17. The zero-order chi connectivity index (χ0) is 3.58. The average molecular weight is 148 g/mol. The molecule has 0 amide bonds. The van der Waals surface area contributed by atoms with Gasteiger partial charge >= 0.3 is 7.32 Å². The Morgan fingerprint density at radius 2 is 0.667 bits per heavy atom. The van der Waals surface area contributed by atoms with Crippen molar-refractivity contribution < 1.29 is 20.5 Å². The number of hydrogen-bond acceptors (Lipinski definition) is 7. The van der Waals surface area contributed by atoms with E-state index in [1.807, 2.05) is 0 Å². The maximum absolute atomic E-state index is 7.17. The van der Waals surface area contributed by atoms with Gasteiger partial charge in [0.2, 0.25) is 0 Å². The van der Waals surface area contributed by atoms with E-state index in [1.165, 1.54) is 0 Å². The van der Waals surface area contributed by atoms with E-state index in [1.54, 1.807) is 0 Å². The fourth-order valence-electron chi connectivity index (χ4n) is 0. The lowest BCUT2D eigenvalue weighted by atomic mass is 10.3. The Morgan fingerprint density at radius 1 is 0.667 bits per heavy atom. The third-order valence-corrected chi connectivity index (χ3v) is 0. The van der Waals surface area contributed by atoms with Crippen molar-refractivity contribution >= 4 is 7.32 Å². The summed E-state index contributed by atoms with van der Waals surface area (Å²) in [6.45, 7) is 0. The first kappa shape index (κ1) is 69.6. The fourth-order valence-corrected chi connectivity index (χ4v) is 0. The first-order valence-corrected chi connectivity index (χ1v) is 0.775. The van der Waals surface area contributed by atoms with E-state index in [-0.39, 0.29) is 30.1 Å². The molecule has 0 saturated carbocycles. The Morgan fingerprint density at radius 3 is 0.667 bits per heavy atom.